The maximum atomic E-state index is 12.3. The van der Waals surface area contributed by atoms with E-state index < -0.39 is 15.6 Å². The summed E-state index contributed by atoms with van der Waals surface area (Å²) in [5.74, 6) is -0.0232. The molecule has 0 aliphatic rings. The van der Waals surface area contributed by atoms with Crippen molar-refractivity contribution >= 4 is 27.2 Å². The summed E-state index contributed by atoms with van der Waals surface area (Å²) in [6.07, 6.45) is 3.00. The van der Waals surface area contributed by atoms with Crippen LogP contribution < -0.4 is 10.5 Å². The number of nitrogens with zero attached hydrogens (tertiary/aromatic N) is 3. The standard InChI is InChI=1S/C10H15N5O2S2/c1-10(2,9-12-4-5-18-9)14-19(16,17)7-6-15(3)13-8(7)11/h4-6,14H,1-3H3,(H2,11,13). The number of aromatic nitrogens is 3. The number of nitrogen functional groups attached to an aromatic ring is 1. The molecule has 0 aliphatic carbocycles. The van der Waals surface area contributed by atoms with Crippen LogP contribution in [0, 0.1) is 0 Å². The molecule has 0 aliphatic heterocycles. The highest BCUT2D eigenvalue weighted by Crippen LogP contribution is 2.26. The number of thiazole rings is 1. The number of anilines is 1. The maximum absolute atomic E-state index is 12.3. The highest BCUT2D eigenvalue weighted by atomic mass is 32.2. The van der Waals surface area contributed by atoms with E-state index >= 15 is 0 Å². The second kappa shape index (κ2) is 4.58. The van der Waals surface area contributed by atoms with Crippen molar-refractivity contribution in [3.8, 4) is 0 Å². The maximum Gasteiger partial charge on any atom is 0.246 e. The van der Waals surface area contributed by atoms with Crippen LogP contribution in [0.2, 0.25) is 0 Å². The number of hydrogen-bond donors (Lipinski definition) is 2. The van der Waals surface area contributed by atoms with Gasteiger partial charge in [-0.2, -0.15) is 9.82 Å². The summed E-state index contributed by atoms with van der Waals surface area (Å²) < 4.78 is 28.6. The Morgan fingerprint density at radius 2 is 2.16 bits per heavy atom. The molecule has 0 saturated heterocycles. The van der Waals surface area contributed by atoms with E-state index in [1.54, 1.807) is 32.5 Å². The van der Waals surface area contributed by atoms with Crippen molar-refractivity contribution in [3.63, 3.8) is 0 Å². The van der Waals surface area contributed by atoms with Crippen molar-refractivity contribution < 1.29 is 8.42 Å². The fraction of sp³-hybridized carbons (Fsp3) is 0.400. The van der Waals surface area contributed by atoms with Gasteiger partial charge in [-0.05, 0) is 13.8 Å². The summed E-state index contributed by atoms with van der Waals surface area (Å²) in [6, 6.07) is 0. The van der Waals surface area contributed by atoms with E-state index in [-0.39, 0.29) is 10.7 Å². The zero-order valence-corrected chi connectivity index (χ0v) is 12.4. The van der Waals surface area contributed by atoms with Crippen LogP contribution in [0.25, 0.3) is 0 Å². The molecule has 0 aromatic carbocycles. The first-order valence-corrected chi connectivity index (χ1v) is 7.82. The molecule has 2 rings (SSSR count). The summed E-state index contributed by atoms with van der Waals surface area (Å²) in [7, 11) is -2.13. The van der Waals surface area contributed by atoms with Crippen molar-refractivity contribution in [1.82, 2.24) is 19.5 Å². The Hall–Kier alpha value is -1.45. The topological polar surface area (TPSA) is 103 Å². The molecule has 0 saturated carbocycles. The van der Waals surface area contributed by atoms with E-state index in [0.717, 1.165) is 0 Å². The predicted molar refractivity (Wildman–Crippen MR) is 73.1 cm³/mol. The molecule has 2 aromatic rings. The Balaban J connectivity index is 2.35. The minimum absolute atomic E-state index is 0.0232. The summed E-state index contributed by atoms with van der Waals surface area (Å²) in [4.78, 5) is 4.10. The molecule has 0 radical (unpaired) electrons. The second-order valence-electron chi connectivity index (χ2n) is 4.62. The van der Waals surface area contributed by atoms with Crippen molar-refractivity contribution in [2.75, 3.05) is 5.73 Å². The van der Waals surface area contributed by atoms with Crippen molar-refractivity contribution in [2.24, 2.45) is 7.05 Å². The molecule has 0 atom stereocenters. The Labute approximate surface area is 115 Å². The van der Waals surface area contributed by atoms with Crippen molar-refractivity contribution in [1.29, 1.82) is 0 Å². The van der Waals surface area contributed by atoms with E-state index in [0.29, 0.717) is 5.01 Å². The van der Waals surface area contributed by atoms with Gasteiger partial charge in [0.2, 0.25) is 10.0 Å². The number of aryl methyl sites for hydroxylation is 1. The Bertz CT molecular complexity index is 673. The van der Waals surface area contributed by atoms with Gasteiger partial charge in [-0.15, -0.1) is 11.3 Å². The predicted octanol–water partition coefficient (Wildman–Crippen LogP) is 0.672. The molecule has 104 valence electrons. The molecular weight excluding hydrogens is 286 g/mol. The lowest BCUT2D eigenvalue weighted by molar-refractivity contribution is 0.470. The molecule has 0 bridgehead atoms. The highest BCUT2D eigenvalue weighted by molar-refractivity contribution is 7.89. The van der Waals surface area contributed by atoms with Gasteiger partial charge in [0.05, 0.1) is 5.54 Å². The number of nitrogens with two attached hydrogens (primary N) is 1. The highest BCUT2D eigenvalue weighted by Gasteiger charge is 2.32. The molecule has 2 heterocycles. The van der Waals surface area contributed by atoms with Gasteiger partial charge in [0, 0.05) is 24.8 Å². The van der Waals surface area contributed by atoms with Crippen LogP contribution in [0.4, 0.5) is 5.82 Å². The van der Waals surface area contributed by atoms with E-state index in [1.165, 1.54) is 22.2 Å². The van der Waals surface area contributed by atoms with Crippen LogP contribution in [0.5, 0.6) is 0 Å². The molecule has 0 spiro atoms. The third-order valence-electron chi connectivity index (χ3n) is 2.47. The molecular formula is C10H15N5O2S2. The summed E-state index contributed by atoms with van der Waals surface area (Å²) in [5, 5.41) is 6.31. The molecule has 9 heteroatoms. The van der Waals surface area contributed by atoms with Gasteiger partial charge in [-0.3, -0.25) is 4.68 Å². The van der Waals surface area contributed by atoms with Gasteiger partial charge in [0.15, 0.2) is 5.82 Å². The monoisotopic (exact) mass is 301 g/mol. The Morgan fingerprint density at radius 1 is 1.47 bits per heavy atom. The van der Waals surface area contributed by atoms with Gasteiger partial charge >= 0.3 is 0 Å². The third kappa shape index (κ3) is 2.77. The normalized spacial score (nSPS) is 12.8. The third-order valence-corrected chi connectivity index (χ3v) is 5.24. The van der Waals surface area contributed by atoms with Crippen molar-refractivity contribution in [3.05, 3.63) is 22.8 Å². The first-order valence-electron chi connectivity index (χ1n) is 5.45. The number of sulfonamides is 1. The van der Waals surface area contributed by atoms with Gasteiger partial charge in [-0.25, -0.2) is 13.4 Å². The zero-order valence-electron chi connectivity index (χ0n) is 10.8. The summed E-state index contributed by atoms with van der Waals surface area (Å²) in [6.45, 7) is 3.49. The van der Waals surface area contributed by atoms with Gasteiger partial charge in [-0.1, -0.05) is 0 Å². The van der Waals surface area contributed by atoms with Crippen LogP contribution in [0.15, 0.2) is 22.7 Å². The average molecular weight is 301 g/mol. The fourth-order valence-electron chi connectivity index (χ4n) is 1.66. The Kier molecular flexibility index (Phi) is 3.37. The molecule has 19 heavy (non-hydrogen) atoms. The molecule has 0 amide bonds. The minimum atomic E-state index is -3.75. The Morgan fingerprint density at radius 3 is 2.63 bits per heavy atom. The molecule has 3 N–H and O–H groups in total. The first-order chi connectivity index (χ1) is 8.72. The molecule has 2 aromatic heterocycles. The lowest BCUT2D eigenvalue weighted by atomic mass is 10.1. The van der Waals surface area contributed by atoms with Gasteiger partial charge in [0.25, 0.3) is 0 Å². The van der Waals surface area contributed by atoms with Gasteiger partial charge < -0.3 is 5.73 Å². The van der Waals surface area contributed by atoms with Crippen LogP contribution in [-0.4, -0.2) is 23.2 Å². The average Bonchev–Trinajstić information content (AvgIpc) is 2.86. The van der Waals surface area contributed by atoms with Crippen LogP contribution in [0.3, 0.4) is 0 Å². The van der Waals surface area contributed by atoms with Gasteiger partial charge in [0.1, 0.15) is 9.90 Å². The number of rotatable bonds is 4. The molecule has 0 fully saturated rings. The second-order valence-corrected chi connectivity index (χ2v) is 7.17. The van der Waals surface area contributed by atoms with E-state index in [1.807, 2.05) is 0 Å². The zero-order chi connectivity index (χ0) is 14.3. The summed E-state index contributed by atoms with van der Waals surface area (Å²) in [5.41, 5.74) is 4.79. The quantitative estimate of drug-likeness (QED) is 0.864. The molecule has 0 unspecified atom stereocenters. The smallest absolute Gasteiger partial charge is 0.246 e. The SMILES string of the molecule is Cn1cc(S(=O)(=O)NC(C)(C)c2nccs2)c(N)n1. The largest absolute Gasteiger partial charge is 0.381 e. The van der Waals surface area contributed by atoms with E-state index in [2.05, 4.69) is 14.8 Å². The fourth-order valence-corrected chi connectivity index (χ4v) is 3.93. The summed E-state index contributed by atoms with van der Waals surface area (Å²) >= 11 is 1.39. The molecule has 7 nitrogen and oxygen atoms in total. The van der Waals surface area contributed by atoms with Crippen molar-refractivity contribution in [2.45, 2.75) is 24.3 Å². The van der Waals surface area contributed by atoms with E-state index in [4.69, 9.17) is 5.73 Å². The van der Waals surface area contributed by atoms with E-state index in [9.17, 15) is 8.42 Å². The number of hydrogen-bond acceptors (Lipinski definition) is 6. The lowest BCUT2D eigenvalue weighted by Gasteiger charge is -2.23. The lowest BCUT2D eigenvalue weighted by Crippen LogP contribution is -2.40. The van der Waals surface area contributed by atoms with Crippen LogP contribution in [0.1, 0.15) is 18.9 Å². The van der Waals surface area contributed by atoms with Crippen LogP contribution in [-0.2, 0) is 22.6 Å². The van der Waals surface area contributed by atoms with Crippen LogP contribution >= 0.6 is 11.3 Å². The minimum Gasteiger partial charge on any atom is -0.381 e. The number of nitrogens with one attached hydrogen (secondary N) is 1. The first kappa shape index (κ1) is 14.0.